The Bertz CT molecular complexity index is 8.00. The third-order valence-corrected chi connectivity index (χ3v) is 0. The standard InChI is InChI=1S/C3H8O/c1-4(2)3/h1H2,2-3H3. The van der Waals surface area contributed by atoms with Gasteiger partial charge in [-0.25, -0.2) is 0 Å². The van der Waals surface area contributed by atoms with Gasteiger partial charge in [0.25, 0.3) is 0 Å². The number of hydrogen-bond donors (Lipinski definition) is 0. The van der Waals surface area contributed by atoms with E-state index in [-0.39, 0.29) is 0 Å². The largest absolute Gasteiger partial charge is 0.575 e. The highest BCUT2D eigenvalue weighted by atomic mass is 16.6. The fourth-order valence-corrected chi connectivity index (χ4v) is 0. The van der Waals surface area contributed by atoms with Gasteiger partial charge in [0, 0.05) is 0 Å². The normalized spacial score (nSPS) is 9.00. The van der Waals surface area contributed by atoms with Crippen molar-refractivity contribution in [2.24, 2.45) is 0 Å². The lowest BCUT2D eigenvalue weighted by atomic mass is 11.4. The van der Waals surface area contributed by atoms with E-state index in [1.54, 1.807) is 14.2 Å². The quantitative estimate of drug-likeness (QED) is 0.284. The van der Waals surface area contributed by atoms with Gasteiger partial charge in [0.05, 0.1) is 0 Å². The van der Waals surface area contributed by atoms with Gasteiger partial charge in [0.1, 0.15) is 14.2 Å². The summed E-state index contributed by atoms with van der Waals surface area (Å²) < 4.78 is 2.33. The van der Waals surface area contributed by atoms with Crippen LogP contribution in [-0.2, 0) is 4.37 Å². The maximum Gasteiger partial charge on any atom is 0.109 e. The zero-order chi connectivity index (χ0) is 3.58. The lowest BCUT2D eigenvalue weighted by molar-refractivity contribution is 0.0373. The predicted molar refractivity (Wildman–Crippen MR) is 18.3 cm³/mol. The molecule has 0 aliphatic carbocycles. The first-order valence-electron chi connectivity index (χ1n) is 1.11. The summed E-state index contributed by atoms with van der Waals surface area (Å²) in [5, 5.41) is 0. The van der Waals surface area contributed by atoms with Crippen molar-refractivity contribution >= 4 is 0 Å². The molecule has 0 heterocycles. The van der Waals surface area contributed by atoms with E-state index in [1.807, 2.05) is 0 Å². The molecule has 0 aromatic heterocycles. The molecule has 4 heavy (non-hydrogen) atoms. The van der Waals surface area contributed by atoms with Crippen LogP contribution in [0.5, 0.6) is 0 Å². The third kappa shape index (κ3) is 1130. The van der Waals surface area contributed by atoms with Crippen LogP contribution in [0.25, 0.3) is 0 Å². The molecule has 0 aromatic rings. The third-order valence-electron chi connectivity index (χ3n) is 0. The van der Waals surface area contributed by atoms with Gasteiger partial charge in [0.2, 0.25) is 0 Å². The smallest absolute Gasteiger partial charge is 0.109 e. The Morgan fingerprint density at radius 2 is 1.50 bits per heavy atom. The van der Waals surface area contributed by atoms with E-state index in [2.05, 4.69) is 11.5 Å². The molecule has 26 valence electrons. The van der Waals surface area contributed by atoms with Gasteiger partial charge >= 0.3 is 0 Å². The Hall–Kier alpha value is -0.0400. The summed E-state index contributed by atoms with van der Waals surface area (Å²) in [6.45, 7) is 0. The maximum absolute atomic E-state index is 3.39. The van der Waals surface area contributed by atoms with Crippen LogP contribution >= 0.6 is 0 Å². The maximum atomic E-state index is 3.39. The van der Waals surface area contributed by atoms with Crippen molar-refractivity contribution in [3.05, 3.63) is 7.11 Å². The molecule has 0 saturated carbocycles. The molecule has 0 bridgehead atoms. The van der Waals surface area contributed by atoms with Crippen molar-refractivity contribution in [3.8, 4) is 0 Å². The van der Waals surface area contributed by atoms with Crippen molar-refractivity contribution in [2.75, 3.05) is 14.2 Å². The van der Waals surface area contributed by atoms with Crippen LogP contribution in [-0.4, -0.2) is 14.2 Å². The van der Waals surface area contributed by atoms with E-state index in [9.17, 15) is 0 Å². The van der Waals surface area contributed by atoms with Gasteiger partial charge in [-0.2, -0.15) is 0 Å². The first-order chi connectivity index (χ1) is 1.73. The van der Waals surface area contributed by atoms with Gasteiger partial charge in [-0.15, -0.1) is 0 Å². The van der Waals surface area contributed by atoms with Crippen LogP contribution < -0.4 is 0 Å². The van der Waals surface area contributed by atoms with Crippen LogP contribution in [0, 0.1) is 7.11 Å². The molecule has 0 atom stereocenters. The fraction of sp³-hybridized carbons (Fsp3) is 0.667. The predicted octanol–water partition coefficient (Wildman–Crippen LogP) is 0.590. The molecule has 0 rings (SSSR count). The van der Waals surface area contributed by atoms with Crippen LogP contribution in [0.2, 0.25) is 0 Å². The minimum Gasteiger partial charge on any atom is -0.575 e. The van der Waals surface area contributed by atoms with Gasteiger partial charge in [0.15, 0.2) is 0 Å². The molecular formula is C3H8O. The molecule has 0 unspecified atom stereocenters. The highest BCUT2D eigenvalue weighted by Crippen LogP contribution is 1.65. The van der Waals surface area contributed by atoms with E-state index in [1.165, 1.54) is 0 Å². The van der Waals surface area contributed by atoms with E-state index >= 15 is 0 Å². The second-order valence-corrected chi connectivity index (χ2v) is 0.986. The molecule has 0 fully saturated rings. The molecule has 1 heteroatoms. The summed E-state index contributed by atoms with van der Waals surface area (Å²) in [5.74, 6) is 0. The van der Waals surface area contributed by atoms with Crippen molar-refractivity contribution < 1.29 is 4.37 Å². The SMILES string of the molecule is [CH2-][O+](C)C. The van der Waals surface area contributed by atoms with Crippen LogP contribution in [0.3, 0.4) is 0 Å². The van der Waals surface area contributed by atoms with Crippen molar-refractivity contribution in [1.82, 2.24) is 0 Å². The van der Waals surface area contributed by atoms with Gasteiger partial charge in [-0.05, 0) is 0 Å². The Morgan fingerprint density at radius 1 is 1.50 bits per heavy atom. The summed E-state index contributed by atoms with van der Waals surface area (Å²) in [4.78, 5) is 0. The molecule has 0 amide bonds. The topological polar surface area (TPSA) is 2.70 Å². The molecule has 0 saturated heterocycles. The monoisotopic (exact) mass is 60.1 g/mol. The average molecular weight is 60.1 g/mol. The Kier molecular flexibility index (Phi) is 1.28. The van der Waals surface area contributed by atoms with E-state index in [4.69, 9.17) is 0 Å². The first-order valence-corrected chi connectivity index (χ1v) is 1.11. The molecule has 0 aliphatic rings. The molecule has 0 radical (unpaired) electrons. The summed E-state index contributed by atoms with van der Waals surface area (Å²) in [5.41, 5.74) is 0. The Labute approximate surface area is 26.9 Å². The molecule has 0 N–H and O–H groups in total. The summed E-state index contributed by atoms with van der Waals surface area (Å²) in [7, 11) is 7.00. The van der Waals surface area contributed by atoms with Gasteiger partial charge in [-0.3, -0.25) is 0 Å². The lowest BCUT2D eigenvalue weighted by Crippen LogP contribution is -1.82. The van der Waals surface area contributed by atoms with Gasteiger partial charge < -0.3 is 4.37 Å². The minimum atomic E-state index is 1.81. The molecule has 0 aromatic carbocycles. The summed E-state index contributed by atoms with van der Waals surface area (Å²) in [6.07, 6.45) is 0. The summed E-state index contributed by atoms with van der Waals surface area (Å²) >= 11 is 0. The summed E-state index contributed by atoms with van der Waals surface area (Å²) in [6, 6.07) is 0. The van der Waals surface area contributed by atoms with E-state index < -0.39 is 0 Å². The fourth-order valence-electron chi connectivity index (χ4n) is 0. The number of rotatable bonds is 0. The zero-order valence-corrected chi connectivity index (χ0v) is 3.12. The zero-order valence-electron chi connectivity index (χ0n) is 3.12. The van der Waals surface area contributed by atoms with Crippen LogP contribution in [0.1, 0.15) is 0 Å². The second-order valence-electron chi connectivity index (χ2n) is 0.986. The lowest BCUT2D eigenvalue weighted by Gasteiger charge is -2.02. The Morgan fingerprint density at radius 3 is 1.50 bits per heavy atom. The van der Waals surface area contributed by atoms with Crippen LogP contribution in [0.4, 0.5) is 0 Å². The first kappa shape index (κ1) is 3.96. The molecule has 0 spiro atoms. The average Bonchev–Trinajstić information content (AvgIpc) is 0.811. The highest BCUT2D eigenvalue weighted by Gasteiger charge is 1.50. The Balaban J connectivity index is 2.32. The van der Waals surface area contributed by atoms with Gasteiger partial charge in [-0.1, -0.05) is 7.11 Å². The van der Waals surface area contributed by atoms with Crippen molar-refractivity contribution in [2.45, 2.75) is 0 Å². The van der Waals surface area contributed by atoms with Crippen LogP contribution in [0.15, 0.2) is 0 Å². The van der Waals surface area contributed by atoms with E-state index in [0.717, 1.165) is 0 Å². The van der Waals surface area contributed by atoms with Crippen molar-refractivity contribution in [1.29, 1.82) is 0 Å². The highest BCUT2D eigenvalue weighted by molar-refractivity contribution is 4.00. The van der Waals surface area contributed by atoms with E-state index in [0.29, 0.717) is 0 Å². The number of hydrogen-bond acceptors (Lipinski definition) is 0. The minimum absolute atomic E-state index is 1.81. The van der Waals surface area contributed by atoms with Crippen molar-refractivity contribution in [3.63, 3.8) is 0 Å². The molecule has 0 aliphatic heterocycles. The molecule has 1 nitrogen and oxygen atoms in total. The second kappa shape index (κ2) is 1.30. The molecular weight excluding hydrogens is 52.0 g/mol.